The normalized spacial score (nSPS) is 16.0. The number of aromatic nitrogens is 2. The van der Waals surface area contributed by atoms with Crippen LogP contribution in [0.3, 0.4) is 0 Å². The second-order valence-electron chi connectivity index (χ2n) is 7.06. The van der Waals surface area contributed by atoms with Gasteiger partial charge in [-0.1, -0.05) is 18.9 Å². The SMILES string of the molecule is O=C(/C=C/c1ccc2c(c1)OCO2)NCCn1cnc(C2CCCC2)cc1=O. The molecule has 146 valence electrons. The zero-order valence-electron chi connectivity index (χ0n) is 15.6. The van der Waals surface area contributed by atoms with Crippen molar-refractivity contribution in [2.45, 2.75) is 38.1 Å². The fourth-order valence-electron chi connectivity index (χ4n) is 3.60. The van der Waals surface area contributed by atoms with Crippen LogP contribution in [0.2, 0.25) is 0 Å². The third kappa shape index (κ3) is 4.24. The van der Waals surface area contributed by atoms with Gasteiger partial charge in [0.1, 0.15) is 0 Å². The second-order valence-corrected chi connectivity index (χ2v) is 7.06. The lowest BCUT2D eigenvalue weighted by atomic mass is 10.0. The number of hydrogen-bond acceptors (Lipinski definition) is 5. The van der Waals surface area contributed by atoms with Gasteiger partial charge >= 0.3 is 0 Å². The number of carbonyl (C=O) groups excluding carboxylic acids is 1. The molecule has 4 rings (SSSR count). The summed E-state index contributed by atoms with van der Waals surface area (Å²) < 4.78 is 12.1. The summed E-state index contributed by atoms with van der Waals surface area (Å²) in [5, 5.41) is 2.78. The lowest BCUT2D eigenvalue weighted by molar-refractivity contribution is -0.116. The molecule has 7 nitrogen and oxygen atoms in total. The molecule has 7 heteroatoms. The third-order valence-corrected chi connectivity index (χ3v) is 5.15. The molecule has 1 saturated carbocycles. The van der Waals surface area contributed by atoms with E-state index in [0.29, 0.717) is 30.5 Å². The number of ether oxygens (including phenoxy) is 2. The fourth-order valence-corrected chi connectivity index (χ4v) is 3.60. The first-order valence-electron chi connectivity index (χ1n) is 9.61. The van der Waals surface area contributed by atoms with E-state index in [-0.39, 0.29) is 18.3 Å². The summed E-state index contributed by atoms with van der Waals surface area (Å²) in [4.78, 5) is 28.7. The number of nitrogens with zero attached hydrogens (tertiary/aromatic N) is 2. The third-order valence-electron chi connectivity index (χ3n) is 5.15. The van der Waals surface area contributed by atoms with Crippen LogP contribution in [0.1, 0.15) is 42.9 Å². The van der Waals surface area contributed by atoms with Crippen LogP contribution in [0.5, 0.6) is 11.5 Å². The summed E-state index contributed by atoms with van der Waals surface area (Å²) >= 11 is 0. The van der Waals surface area contributed by atoms with Gasteiger partial charge in [-0.15, -0.1) is 0 Å². The molecule has 2 aliphatic rings. The van der Waals surface area contributed by atoms with Crippen molar-refractivity contribution in [1.29, 1.82) is 0 Å². The van der Waals surface area contributed by atoms with Crippen molar-refractivity contribution in [2.75, 3.05) is 13.3 Å². The lowest BCUT2D eigenvalue weighted by Gasteiger charge is -2.10. The predicted octanol–water partition coefficient (Wildman–Crippen LogP) is 2.46. The summed E-state index contributed by atoms with van der Waals surface area (Å²) in [7, 11) is 0. The maximum absolute atomic E-state index is 12.3. The molecule has 0 spiro atoms. The highest BCUT2D eigenvalue weighted by molar-refractivity contribution is 5.91. The summed E-state index contributed by atoms with van der Waals surface area (Å²) in [6.07, 6.45) is 9.40. The summed E-state index contributed by atoms with van der Waals surface area (Å²) in [5.41, 5.74) is 1.68. The van der Waals surface area contributed by atoms with Crippen molar-refractivity contribution in [3.8, 4) is 11.5 Å². The van der Waals surface area contributed by atoms with Gasteiger partial charge in [0.25, 0.3) is 5.56 Å². The maximum atomic E-state index is 12.3. The molecule has 1 N–H and O–H groups in total. The number of hydrogen-bond donors (Lipinski definition) is 1. The topological polar surface area (TPSA) is 82.4 Å². The molecule has 28 heavy (non-hydrogen) atoms. The molecule has 0 bridgehead atoms. The van der Waals surface area contributed by atoms with Crippen LogP contribution in [-0.2, 0) is 11.3 Å². The highest BCUT2D eigenvalue weighted by Crippen LogP contribution is 2.33. The van der Waals surface area contributed by atoms with Crippen molar-refractivity contribution < 1.29 is 14.3 Å². The molecule has 1 amide bonds. The Balaban J connectivity index is 1.27. The standard InChI is InChI=1S/C21H23N3O4/c25-20(8-6-15-5-7-18-19(11-15)28-14-27-18)22-9-10-24-13-23-17(12-21(24)26)16-3-1-2-4-16/h5-8,11-13,16H,1-4,9-10,14H2,(H,22,25)/b8-6+. The number of benzene rings is 1. The fraction of sp³-hybridized carbons (Fsp3) is 0.381. The second kappa shape index (κ2) is 8.29. The average molecular weight is 381 g/mol. The quantitative estimate of drug-likeness (QED) is 0.778. The van der Waals surface area contributed by atoms with E-state index in [1.807, 2.05) is 18.2 Å². The van der Waals surface area contributed by atoms with Gasteiger partial charge in [-0.05, 0) is 36.6 Å². The Morgan fingerprint density at radius 3 is 2.86 bits per heavy atom. The van der Waals surface area contributed by atoms with Gasteiger partial charge in [0.05, 0.1) is 12.0 Å². The number of rotatable bonds is 6. The highest BCUT2D eigenvalue weighted by atomic mass is 16.7. The van der Waals surface area contributed by atoms with E-state index in [2.05, 4.69) is 10.3 Å². The average Bonchev–Trinajstić information content (AvgIpc) is 3.39. The van der Waals surface area contributed by atoms with E-state index in [0.717, 1.165) is 24.1 Å². The van der Waals surface area contributed by atoms with Gasteiger partial charge in [0, 0.05) is 31.1 Å². The molecule has 0 unspecified atom stereocenters. The van der Waals surface area contributed by atoms with Crippen LogP contribution < -0.4 is 20.3 Å². The van der Waals surface area contributed by atoms with E-state index in [1.165, 1.54) is 23.5 Å². The first kappa shape index (κ1) is 18.3. The molecule has 1 fully saturated rings. The molecular weight excluding hydrogens is 358 g/mol. The van der Waals surface area contributed by atoms with Crippen molar-refractivity contribution in [3.63, 3.8) is 0 Å². The van der Waals surface area contributed by atoms with Crippen molar-refractivity contribution in [3.05, 3.63) is 58.3 Å². The summed E-state index contributed by atoms with van der Waals surface area (Å²) in [6, 6.07) is 7.13. The molecule has 0 atom stereocenters. The summed E-state index contributed by atoms with van der Waals surface area (Å²) in [5.74, 6) is 1.58. The Kier molecular flexibility index (Phi) is 5.41. The molecule has 1 aromatic heterocycles. The zero-order valence-corrected chi connectivity index (χ0v) is 15.6. The van der Waals surface area contributed by atoms with E-state index >= 15 is 0 Å². The van der Waals surface area contributed by atoms with Gasteiger partial charge in [-0.2, -0.15) is 0 Å². The molecule has 2 heterocycles. The first-order valence-corrected chi connectivity index (χ1v) is 9.61. The minimum Gasteiger partial charge on any atom is -0.454 e. The Bertz CT molecular complexity index is 945. The highest BCUT2D eigenvalue weighted by Gasteiger charge is 2.19. The van der Waals surface area contributed by atoms with Crippen molar-refractivity contribution >= 4 is 12.0 Å². The minimum atomic E-state index is -0.221. The van der Waals surface area contributed by atoms with Gasteiger partial charge in [0.15, 0.2) is 11.5 Å². The number of carbonyl (C=O) groups is 1. The molecular formula is C21H23N3O4. The smallest absolute Gasteiger partial charge is 0.253 e. The molecule has 1 aliphatic heterocycles. The zero-order chi connectivity index (χ0) is 19.3. The number of amides is 1. The number of nitrogens with one attached hydrogen (secondary N) is 1. The van der Waals surface area contributed by atoms with Crippen LogP contribution in [0.25, 0.3) is 6.08 Å². The molecule has 0 saturated heterocycles. The molecule has 1 aromatic carbocycles. The van der Waals surface area contributed by atoms with Gasteiger partial charge in [-0.25, -0.2) is 4.98 Å². The maximum Gasteiger partial charge on any atom is 0.253 e. The predicted molar refractivity (Wildman–Crippen MR) is 104 cm³/mol. The van der Waals surface area contributed by atoms with Gasteiger partial charge in [0.2, 0.25) is 12.7 Å². The van der Waals surface area contributed by atoms with Crippen LogP contribution in [0.15, 0.2) is 41.5 Å². The molecule has 0 radical (unpaired) electrons. The van der Waals surface area contributed by atoms with Crippen LogP contribution in [0, 0.1) is 0 Å². The largest absolute Gasteiger partial charge is 0.454 e. The van der Waals surface area contributed by atoms with Gasteiger partial charge < -0.3 is 14.8 Å². The minimum absolute atomic E-state index is 0.0675. The van der Waals surface area contributed by atoms with Crippen molar-refractivity contribution in [1.82, 2.24) is 14.9 Å². The van der Waals surface area contributed by atoms with E-state index in [4.69, 9.17) is 9.47 Å². The van der Waals surface area contributed by atoms with Crippen LogP contribution in [-0.4, -0.2) is 28.8 Å². The van der Waals surface area contributed by atoms with E-state index < -0.39 is 0 Å². The van der Waals surface area contributed by atoms with Crippen molar-refractivity contribution in [2.24, 2.45) is 0 Å². The van der Waals surface area contributed by atoms with E-state index in [1.54, 1.807) is 18.5 Å². The monoisotopic (exact) mass is 381 g/mol. The molecule has 2 aromatic rings. The first-order chi connectivity index (χ1) is 13.7. The Labute approximate surface area is 163 Å². The lowest BCUT2D eigenvalue weighted by Crippen LogP contribution is -2.30. The van der Waals surface area contributed by atoms with E-state index in [9.17, 15) is 9.59 Å². The van der Waals surface area contributed by atoms with Crippen LogP contribution >= 0.6 is 0 Å². The number of fused-ring (bicyclic) bond motifs is 1. The summed E-state index contributed by atoms with van der Waals surface area (Å²) in [6.45, 7) is 0.966. The molecule has 1 aliphatic carbocycles. The Morgan fingerprint density at radius 2 is 2.04 bits per heavy atom. The Morgan fingerprint density at radius 1 is 1.21 bits per heavy atom. The van der Waals surface area contributed by atoms with Crippen LogP contribution in [0.4, 0.5) is 0 Å². The Hall–Kier alpha value is -3.09. The van der Waals surface area contributed by atoms with Gasteiger partial charge in [-0.3, -0.25) is 14.2 Å².